The quantitative estimate of drug-likeness (QED) is 0.740. The molecule has 2 heterocycles. The van der Waals surface area contributed by atoms with Crippen LogP contribution in [0.15, 0.2) is 30.3 Å². The highest BCUT2D eigenvalue weighted by atomic mass is 32.2. The molecule has 0 atom stereocenters. The van der Waals surface area contributed by atoms with E-state index in [2.05, 4.69) is 27.9 Å². The monoisotopic (exact) mass is 401 g/mol. The summed E-state index contributed by atoms with van der Waals surface area (Å²) in [5, 5.41) is 5.63. The lowest BCUT2D eigenvalue weighted by atomic mass is 10.2. The Hall–Kier alpha value is -2.32. The zero-order valence-corrected chi connectivity index (χ0v) is 17.2. The molecule has 0 saturated carbocycles. The number of benzene rings is 1. The van der Waals surface area contributed by atoms with E-state index in [9.17, 15) is 4.79 Å². The summed E-state index contributed by atoms with van der Waals surface area (Å²) in [6.45, 7) is 5.79. The van der Waals surface area contributed by atoms with Crippen molar-refractivity contribution < 1.29 is 9.53 Å². The molecular weight excluding hydrogens is 374 g/mol. The van der Waals surface area contributed by atoms with E-state index in [-0.39, 0.29) is 6.03 Å². The molecule has 0 bridgehead atoms. The first-order chi connectivity index (χ1) is 13.7. The van der Waals surface area contributed by atoms with Crippen LogP contribution in [0.1, 0.15) is 19.0 Å². The minimum absolute atomic E-state index is 0.192. The van der Waals surface area contributed by atoms with E-state index in [1.165, 1.54) is 0 Å². The van der Waals surface area contributed by atoms with E-state index in [0.717, 1.165) is 61.2 Å². The van der Waals surface area contributed by atoms with Crippen LogP contribution in [0.3, 0.4) is 0 Å². The summed E-state index contributed by atoms with van der Waals surface area (Å²) in [6.07, 6.45) is 2.97. The number of aromatic nitrogens is 2. The Kier molecular flexibility index (Phi) is 7.50. The van der Waals surface area contributed by atoms with Crippen LogP contribution in [0.25, 0.3) is 11.4 Å². The molecule has 0 aliphatic carbocycles. The molecule has 0 radical (unpaired) electrons. The van der Waals surface area contributed by atoms with Gasteiger partial charge in [-0.25, -0.2) is 14.8 Å². The number of nitrogens with zero attached hydrogens (tertiary/aromatic N) is 3. The highest BCUT2D eigenvalue weighted by Crippen LogP contribution is 2.24. The van der Waals surface area contributed by atoms with Gasteiger partial charge in [0.2, 0.25) is 0 Å². The van der Waals surface area contributed by atoms with Crippen LogP contribution >= 0.6 is 11.8 Å². The fourth-order valence-corrected chi connectivity index (χ4v) is 3.35. The first-order valence-electron chi connectivity index (χ1n) is 9.54. The van der Waals surface area contributed by atoms with Gasteiger partial charge in [-0.15, -0.1) is 0 Å². The number of carbonyl (C=O) groups excluding carboxylic acids is 1. The van der Waals surface area contributed by atoms with Crippen LogP contribution < -0.4 is 15.5 Å². The van der Waals surface area contributed by atoms with Crippen LogP contribution in [0.2, 0.25) is 0 Å². The molecule has 150 valence electrons. The predicted octanol–water partition coefficient (Wildman–Crippen LogP) is 3.37. The molecule has 2 aromatic rings. The first kappa shape index (κ1) is 20.4. The zero-order chi connectivity index (χ0) is 19.8. The molecule has 1 saturated heterocycles. The third-order valence-corrected chi connectivity index (χ3v) is 4.91. The van der Waals surface area contributed by atoms with Crippen LogP contribution in [-0.2, 0) is 10.5 Å². The zero-order valence-electron chi connectivity index (χ0n) is 16.4. The maximum Gasteiger partial charge on any atom is 0.319 e. The Morgan fingerprint density at radius 2 is 1.96 bits per heavy atom. The second kappa shape index (κ2) is 10.3. The van der Waals surface area contributed by atoms with Crippen molar-refractivity contribution in [3.05, 3.63) is 36.0 Å². The molecule has 1 aliphatic heterocycles. The van der Waals surface area contributed by atoms with Crippen molar-refractivity contribution in [2.24, 2.45) is 0 Å². The third-order valence-electron chi connectivity index (χ3n) is 4.33. The number of hydrogen-bond donors (Lipinski definition) is 2. The molecule has 8 heteroatoms. The SMILES string of the molecule is CCCNC(=O)Nc1ccc(-c2nc(CSC)cc(N3CCOCC3)n2)cc1. The van der Waals surface area contributed by atoms with Crippen molar-refractivity contribution in [1.29, 1.82) is 0 Å². The average Bonchev–Trinajstić information content (AvgIpc) is 2.73. The Morgan fingerprint density at radius 3 is 2.64 bits per heavy atom. The molecule has 2 amide bonds. The number of hydrogen-bond acceptors (Lipinski definition) is 6. The molecule has 1 fully saturated rings. The topological polar surface area (TPSA) is 79.4 Å². The van der Waals surface area contributed by atoms with Gasteiger partial charge < -0.3 is 20.3 Å². The van der Waals surface area contributed by atoms with Gasteiger partial charge in [0, 0.05) is 42.7 Å². The molecule has 1 aromatic carbocycles. The van der Waals surface area contributed by atoms with Crippen LogP contribution in [0.4, 0.5) is 16.3 Å². The third kappa shape index (κ3) is 5.59. The Labute approximate surface area is 170 Å². The van der Waals surface area contributed by atoms with Crippen molar-refractivity contribution in [3.8, 4) is 11.4 Å². The Morgan fingerprint density at radius 1 is 1.21 bits per heavy atom. The lowest BCUT2D eigenvalue weighted by molar-refractivity contribution is 0.122. The molecule has 28 heavy (non-hydrogen) atoms. The number of thioether (sulfide) groups is 1. The van der Waals surface area contributed by atoms with Gasteiger partial charge >= 0.3 is 6.03 Å². The van der Waals surface area contributed by atoms with Gasteiger partial charge in [0.15, 0.2) is 5.82 Å². The molecule has 0 spiro atoms. The average molecular weight is 402 g/mol. The highest BCUT2D eigenvalue weighted by Gasteiger charge is 2.15. The summed E-state index contributed by atoms with van der Waals surface area (Å²) in [7, 11) is 0. The Bertz CT molecular complexity index is 779. The summed E-state index contributed by atoms with van der Waals surface area (Å²) < 4.78 is 5.45. The van der Waals surface area contributed by atoms with Crippen molar-refractivity contribution in [2.75, 3.05) is 49.3 Å². The number of amides is 2. The van der Waals surface area contributed by atoms with Gasteiger partial charge in [-0.3, -0.25) is 0 Å². The maximum absolute atomic E-state index is 11.8. The van der Waals surface area contributed by atoms with Crippen molar-refractivity contribution in [1.82, 2.24) is 15.3 Å². The summed E-state index contributed by atoms with van der Waals surface area (Å²) >= 11 is 1.74. The summed E-state index contributed by atoms with van der Waals surface area (Å²) in [6, 6.07) is 9.51. The fraction of sp³-hybridized carbons (Fsp3) is 0.450. The predicted molar refractivity (Wildman–Crippen MR) is 115 cm³/mol. The van der Waals surface area contributed by atoms with Crippen LogP contribution in [0.5, 0.6) is 0 Å². The van der Waals surface area contributed by atoms with Gasteiger partial charge in [0.05, 0.1) is 18.9 Å². The first-order valence-corrected chi connectivity index (χ1v) is 10.9. The Balaban J connectivity index is 1.79. The molecule has 1 aromatic heterocycles. The second-order valence-corrected chi connectivity index (χ2v) is 7.40. The molecule has 3 rings (SSSR count). The van der Waals surface area contributed by atoms with Gasteiger partial charge in [0.1, 0.15) is 5.82 Å². The van der Waals surface area contributed by atoms with Crippen LogP contribution in [0, 0.1) is 0 Å². The largest absolute Gasteiger partial charge is 0.378 e. The fourth-order valence-electron chi connectivity index (χ4n) is 2.90. The number of anilines is 2. The minimum Gasteiger partial charge on any atom is -0.378 e. The normalized spacial score (nSPS) is 14.0. The number of carbonyl (C=O) groups is 1. The van der Waals surface area contributed by atoms with Crippen LogP contribution in [-0.4, -0.2) is 55.1 Å². The van der Waals surface area contributed by atoms with Gasteiger partial charge in [-0.05, 0) is 36.9 Å². The van der Waals surface area contributed by atoms with E-state index in [4.69, 9.17) is 14.7 Å². The maximum atomic E-state index is 11.8. The van der Waals surface area contributed by atoms with Crippen molar-refractivity contribution in [2.45, 2.75) is 19.1 Å². The van der Waals surface area contributed by atoms with E-state index >= 15 is 0 Å². The number of nitrogens with one attached hydrogen (secondary N) is 2. The summed E-state index contributed by atoms with van der Waals surface area (Å²) in [5.41, 5.74) is 2.68. The number of rotatable bonds is 7. The number of urea groups is 1. The highest BCUT2D eigenvalue weighted by molar-refractivity contribution is 7.97. The number of ether oxygens (including phenoxy) is 1. The molecular formula is C20H27N5O2S. The lowest BCUT2D eigenvalue weighted by Crippen LogP contribution is -2.37. The van der Waals surface area contributed by atoms with E-state index in [1.54, 1.807) is 11.8 Å². The van der Waals surface area contributed by atoms with Crippen molar-refractivity contribution in [3.63, 3.8) is 0 Å². The van der Waals surface area contributed by atoms with E-state index in [1.807, 2.05) is 31.2 Å². The van der Waals surface area contributed by atoms with E-state index < -0.39 is 0 Å². The van der Waals surface area contributed by atoms with Crippen molar-refractivity contribution >= 4 is 29.3 Å². The number of morpholine rings is 1. The van der Waals surface area contributed by atoms with E-state index in [0.29, 0.717) is 12.4 Å². The lowest BCUT2D eigenvalue weighted by Gasteiger charge is -2.28. The molecule has 1 aliphatic rings. The second-order valence-electron chi connectivity index (χ2n) is 6.53. The molecule has 0 unspecified atom stereocenters. The van der Waals surface area contributed by atoms with Gasteiger partial charge in [-0.1, -0.05) is 6.92 Å². The summed E-state index contributed by atoms with van der Waals surface area (Å²) in [5.74, 6) is 2.48. The standard InChI is InChI=1S/C20H27N5O2S/c1-3-8-21-20(26)23-16-6-4-15(5-7-16)19-22-17(14-28-2)13-18(24-19)25-9-11-27-12-10-25/h4-7,13H,3,8-12,14H2,1-2H3,(H2,21,23,26). The summed E-state index contributed by atoms with van der Waals surface area (Å²) in [4.78, 5) is 23.6. The van der Waals surface area contributed by atoms with Gasteiger partial charge in [0.25, 0.3) is 0 Å². The molecule has 2 N–H and O–H groups in total. The van der Waals surface area contributed by atoms with Gasteiger partial charge in [-0.2, -0.15) is 11.8 Å². The smallest absolute Gasteiger partial charge is 0.319 e. The minimum atomic E-state index is -0.192. The molecule has 7 nitrogen and oxygen atoms in total.